The molecular formula is C12H18N6O2S. The van der Waals surface area contributed by atoms with E-state index < -0.39 is 10.0 Å². The molecule has 2 aromatic rings. The number of H-pyrrole nitrogens is 1. The molecule has 0 aliphatic carbocycles. The molecule has 0 radical (unpaired) electrons. The van der Waals surface area contributed by atoms with Gasteiger partial charge in [-0.05, 0) is 31.7 Å². The molecule has 0 spiro atoms. The fourth-order valence-electron chi connectivity index (χ4n) is 1.85. The van der Waals surface area contributed by atoms with Gasteiger partial charge >= 0.3 is 0 Å². The zero-order chi connectivity index (χ0) is 15.3. The molecule has 1 heterocycles. The van der Waals surface area contributed by atoms with E-state index in [4.69, 9.17) is 5.73 Å². The second-order valence-corrected chi connectivity index (χ2v) is 6.28. The Morgan fingerprint density at radius 3 is 2.86 bits per heavy atom. The maximum Gasteiger partial charge on any atom is 0.242 e. The van der Waals surface area contributed by atoms with Gasteiger partial charge in [0.1, 0.15) is 17.0 Å². The molecule has 0 saturated heterocycles. The molecule has 0 fully saturated rings. The number of nitrogens with one attached hydrogen (secondary N) is 3. The number of anilines is 2. The first-order valence-corrected chi connectivity index (χ1v) is 7.92. The van der Waals surface area contributed by atoms with E-state index in [0.717, 1.165) is 18.7 Å². The highest BCUT2D eigenvalue weighted by Gasteiger charge is 2.16. The maximum absolute atomic E-state index is 12.0. The second kappa shape index (κ2) is 6.55. The Bertz CT molecular complexity index is 684. The van der Waals surface area contributed by atoms with Crippen LogP contribution in [-0.4, -0.2) is 37.2 Å². The van der Waals surface area contributed by atoms with Crippen molar-refractivity contribution >= 4 is 21.4 Å². The van der Waals surface area contributed by atoms with E-state index in [0.29, 0.717) is 17.9 Å². The van der Waals surface area contributed by atoms with E-state index in [1.54, 1.807) is 12.1 Å². The Morgan fingerprint density at radius 2 is 2.19 bits per heavy atom. The van der Waals surface area contributed by atoms with Gasteiger partial charge in [-0.1, -0.05) is 0 Å². The van der Waals surface area contributed by atoms with E-state index >= 15 is 0 Å². The Hall–Kier alpha value is -2.13. The van der Waals surface area contributed by atoms with E-state index in [-0.39, 0.29) is 4.90 Å². The third-order valence-electron chi connectivity index (χ3n) is 2.93. The largest absolute Gasteiger partial charge is 0.399 e. The number of aryl methyl sites for hydroxylation is 1. The van der Waals surface area contributed by atoms with Crippen LogP contribution in [0.2, 0.25) is 0 Å². The highest BCUT2D eigenvalue weighted by atomic mass is 32.2. The number of aromatic amines is 1. The molecule has 0 aliphatic rings. The lowest BCUT2D eigenvalue weighted by Gasteiger charge is -2.12. The number of hydrogen-bond donors (Lipinski definition) is 4. The summed E-state index contributed by atoms with van der Waals surface area (Å²) in [6, 6.07) is 4.76. The lowest BCUT2D eigenvalue weighted by molar-refractivity contribution is 0.588. The number of aromatic nitrogens is 3. The number of benzene rings is 1. The molecule has 1 aromatic carbocycles. The minimum absolute atomic E-state index is 0.143. The molecule has 8 nitrogen and oxygen atoms in total. The van der Waals surface area contributed by atoms with Crippen molar-refractivity contribution in [1.82, 2.24) is 19.9 Å². The van der Waals surface area contributed by atoms with Gasteiger partial charge < -0.3 is 11.1 Å². The fourth-order valence-corrected chi connectivity index (χ4v) is 2.79. The number of rotatable bonds is 7. The monoisotopic (exact) mass is 310 g/mol. The number of nitrogens with two attached hydrogens (primary N) is 1. The molecule has 2 rings (SSSR count). The lowest BCUT2D eigenvalue weighted by Crippen LogP contribution is -2.20. The molecule has 0 unspecified atom stereocenters. The Labute approximate surface area is 123 Å². The van der Waals surface area contributed by atoms with Crippen LogP contribution in [0.3, 0.4) is 0 Å². The minimum atomic E-state index is -3.55. The first-order chi connectivity index (χ1) is 10.0. The zero-order valence-electron chi connectivity index (χ0n) is 11.6. The SMILES string of the molecule is CNS(=O)(=O)c1cc(N)ccc1NCCCc1ncn[nH]1. The molecule has 0 bridgehead atoms. The van der Waals surface area contributed by atoms with Crippen molar-refractivity contribution in [2.45, 2.75) is 17.7 Å². The van der Waals surface area contributed by atoms with Crippen LogP contribution in [0.15, 0.2) is 29.4 Å². The molecule has 114 valence electrons. The zero-order valence-corrected chi connectivity index (χ0v) is 12.4. The van der Waals surface area contributed by atoms with Gasteiger partial charge in [-0.15, -0.1) is 0 Å². The summed E-state index contributed by atoms with van der Waals surface area (Å²) in [5.41, 5.74) is 6.58. The van der Waals surface area contributed by atoms with Gasteiger partial charge in [-0.2, -0.15) is 5.10 Å². The summed E-state index contributed by atoms with van der Waals surface area (Å²) in [6.45, 7) is 0.608. The van der Waals surface area contributed by atoms with Gasteiger partial charge in [0.05, 0.1) is 5.69 Å². The first kappa shape index (κ1) is 15.3. The maximum atomic E-state index is 12.0. The normalized spacial score (nSPS) is 11.5. The van der Waals surface area contributed by atoms with E-state index in [2.05, 4.69) is 25.2 Å². The average molecular weight is 310 g/mol. The highest BCUT2D eigenvalue weighted by molar-refractivity contribution is 7.89. The predicted molar refractivity (Wildman–Crippen MR) is 80.3 cm³/mol. The Kier molecular flexibility index (Phi) is 4.76. The van der Waals surface area contributed by atoms with Crippen LogP contribution in [-0.2, 0) is 16.4 Å². The molecule has 0 amide bonds. The molecular weight excluding hydrogens is 292 g/mol. The van der Waals surface area contributed by atoms with E-state index in [1.165, 1.54) is 19.4 Å². The minimum Gasteiger partial charge on any atom is -0.399 e. The van der Waals surface area contributed by atoms with Gasteiger partial charge in [-0.3, -0.25) is 5.10 Å². The fraction of sp³-hybridized carbons (Fsp3) is 0.333. The molecule has 1 aromatic heterocycles. The lowest BCUT2D eigenvalue weighted by atomic mass is 10.2. The summed E-state index contributed by atoms with van der Waals surface area (Å²) in [4.78, 5) is 4.17. The van der Waals surface area contributed by atoms with Crippen molar-refractivity contribution in [3.63, 3.8) is 0 Å². The number of nitrogens with zero attached hydrogens (tertiary/aromatic N) is 2. The van der Waals surface area contributed by atoms with Crippen LogP contribution in [0.25, 0.3) is 0 Å². The van der Waals surface area contributed by atoms with Gasteiger partial charge in [0, 0.05) is 18.7 Å². The third-order valence-corrected chi connectivity index (χ3v) is 4.39. The van der Waals surface area contributed by atoms with Crippen LogP contribution in [0.5, 0.6) is 0 Å². The summed E-state index contributed by atoms with van der Waals surface area (Å²) in [5.74, 6) is 0.803. The Morgan fingerprint density at radius 1 is 1.38 bits per heavy atom. The topological polar surface area (TPSA) is 126 Å². The summed E-state index contributed by atoms with van der Waals surface area (Å²) in [5, 5.41) is 9.65. The van der Waals surface area contributed by atoms with Crippen molar-refractivity contribution in [1.29, 1.82) is 0 Å². The molecule has 0 atom stereocenters. The van der Waals surface area contributed by atoms with Crippen molar-refractivity contribution in [3.05, 3.63) is 30.4 Å². The van der Waals surface area contributed by atoms with Crippen LogP contribution < -0.4 is 15.8 Å². The van der Waals surface area contributed by atoms with Gasteiger partial charge in [0.2, 0.25) is 10.0 Å². The average Bonchev–Trinajstić information content (AvgIpc) is 2.98. The van der Waals surface area contributed by atoms with Crippen LogP contribution in [0.1, 0.15) is 12.2 Å². The summed E-state index contributed by atoms with van der Waals surface area (Å²) in [6.07, 6.45) is 2.98. The van der Waals surface area contributed by atoms with Crippen molar-refractivity contribution in [2.75, 3.05) is 24.6 Å². The predicted octanol–water partition coefficient (Wildman–Crippen LogP) is 0.340. The standard InChI is InChI=1S/C12H18N6O2S/c1-14-21(19,20)11-7-9(13)4-5-10(11)15-6-2-3-12-16-8-17-18-12/h4-5,7-8,14-15H,2-3,6,13H2,1H3,(H,16,17,18). The highest BCUT2D eigenvalue weighted by Crippen LogP contribution is 2.23. The van der Waals surface area contributed by atoms with Crippen LogP contribution in [0.4, 0.5) is 11.4 Å². The summed E-state index contributed by atoms with van der Waals surface area (Å²) >= 11 is 0. The summed E-state index contributed by atoms with van der Waals surface area (Å²) < 4.78 is 26.2. The molecule has 0 aliphatic heterocycles. The van der Waals surface area contributed by atoms with Crippen LogP contribution >= 0.6 is 0 Å². The van der Waals surface area contributed by atoms with Gasteiger partial charge in [0.15, 0.2) is 0 Å². The quantitative estimate of drug-likeness (QED) is 0.431. The van der Waals surface area contributed by atoms with Crippen molar-refractivity contribution in [3.8, 4) is 0 Å². The summed E-state index contributed by atoms with van der Waals surface area (Å²) in [7, 11) is -2.19. The Balaban J connectivity index is 2.02. The molecule has 21 heavy (non-hydrogen) atoms. The molecule has 0 saturated carbocycles. The smallest absolute Gasteiger partial charge is 0.242 e. The van der Waals surface area contributed by atoms with Crippen molar-refractivity contribution in [2.24, 2.45) is 0 Å². The molecule has 9 heteroatoms. The number of nitrogen functional groups attached to an aromatic ring is 1. The molecule has 5 N–H and O–H groups in total. The van der Waals surface area contributed by atoms with Gasteiger partial charge in [0.25, 0.3) is 0 Å². The number of hydrogen-bond acceptors (Lipinski definition) is 6. The van der Waals surface area contributed by atoms with E-state index in [1.807, 2.05) is 0 Å². The van der Waals surface area contributed by atoms with Gasteiger partial charge in [-0.25, -0.2) is 18.1 Å². The van der Waals surface area contributed by atoms with E-state index in [9.17, 15) is 8.42 Å². The van der Waals surface area contributed by atoms with Crippen LogP contribution in [0, 0.1) is 0 Å². The first-order valence-electron chi connectivity index (χ1n) is 6.44. The third kappa shape index (κ3) is 3.92. The number of sulfonamides is 1. The second-order valence-electron chi connectivity index (χ2n) is 4.43. The van der Waals surface area contributed by atoms with Crippen molar-refractivity contribution < 1.29 is 8.42 Å².